The van der Waals surface area contributed by atoms with Crippen molar-refractivity contribution in [1.82, 2.24) is 9.80 Å². The minimum Gasteiger partial charge on any atom is -0.335 e. The molecule has 0 unspecified atom stereocenters. The number of hydrogen-bond acceptors (Lipinski definition) is 3. The summed E-state index contributed by atoms with van der Waals surface area (Å²) in [6.07, 6.45) is 4.36. The molecular formula is C18H20N2OS. The Kier molecular flexibility index (Phi) is 5.03. The molecule has 1 fully saturated rings. The van der Waals surface area contributed by atoms with Crippen LogP contribution in [0.3, 0.4) is 0 Å². The summed E-state index contributed by atoms with van der Waals surface area (Å²) in [4.78, 5) is 17.5. The van der Waals surface area contributed by atoms with Gasteiger partial charge in [0.2, 0.25) is 0 Å². The maximum Gasteiger partial charge on any atom is 0.264 e. The molecule has 2 aromatic rings. The number of hydrogen-bond donors (Lipinski definition) is 0. The predicted molar refractivity (Wildman–Crippen MR) is 92.1 cm³/mol. The Bertz CT molecular complexity index is 614. The van der Waals surface area contributed by atoms with E-state index in [-0.39, 0.29) is 5.91 Å². The lowest BCUT2D eigenvalue weighted by Gasteiger charge is -2.33. The van der Waals surface area contributed by atoms with Crippen LogP contribution in [-0.4, -0.2) is 48.4 Å². The maximum atomic E-state index is 12.3. The summed E-state index contributed by atoms with van der Waals surface area (Å²) in [5.74, 6) is 0.175. The Hall–Kier alpha value is -1.91. The van der Waals surface area contributed by atoms with Crippen molar-refractivity contribution >= 4 is 23.3 Å². The summed E-state index contributed by atoms with van der Waals surface area (Å²) >= 11 is 1.52. The Balaban J connectivity index is 1.46. The molecular weight excluding hydrogens is 292 g/mol. The molecule has 4 heteroatoms. The lowest BCUT2D eigenvalue weighted by molar-refractivity contribution is 0.0655. The molecule has 1 aromatic carbocycles. The molecule has 1 aliphatic heterocycles. The molecule has 1 aliphatic rings. The van der Waals surface area contributed by atoms with E-state index in [0.29, 0.717) is 0 Å². The zero-order valence-corrected chi connectivity index (χ0v) is 13.3. The minimum atomic E-state index is 0.175. The molecule has 0 radical (unpaired) electrons. The van der Waals surface area contributed by atoms with Gasteiger partial charge in [-0.05, 0) is 17.0 Å². The highest BCUT2D eigenvalue weighted by atomic mass is 32.1. The van der Waals surface area contributed by atoms with Crippen LogP contribution in [0.2, 0.25) is 0 Å². The summed E-state index contributed by atoms with van der Waals surface area (Å²) < 4.78 is 0. The third kappa shape index (κ3) is 3.84. The van der Waals surface area contributed by atoms with Gasteiger partial charge in [-0.2, -0.15) is 0 Å². The highest BCUT2D eigenvalue weighted by Gasteiger charge is 2.21. The van der Waals surface area contributed by atoms with E-state index in [1.54, 1.807) is 0 Å². The van der Waals surface area contributed by atoms with E-state index in [9.17, 15) is 4.79 Å². The molecule has 114 valence electrons. The normalized spacial score (nSPS) is 16.3. The molecule has 0 N–H and O–H groups in total. The molecule has 1 amide bonds. The second-order valence-electron chi connectivity index (χ2n) is 5.38. The number of amides is 1. The van der Waals surface area contributed by atoms with Gasteiger partial charge >= 0.3 is 0 Å². The van der Waals surface area contributed by atoms with Gasteiger partial charge in [0, 0.05) is 32.7 Å². The second-order valence-corrected chi connectivity index (χ2v) is 6.33. The third-order valence-corrected chi connectivity index (χ3v) is 4.72. The van der Waals surface area contributed by atoms with Crippen molar-refractivity contribution in [1.29, 1.82) is 0 Å². The number of thiophene rings is 1. The van der Waals surface area contributed by atoms with Crippen LogP contribution < -0.4 is 0 Å². The lowest BCUT2D eigenvalue weighted by atomic mass is 10.2. The van der Waals surface area contributed by atoms with E-state index in [1.165, 1.54) is 16.9 Å². The molecule has 0 saturated carbocycles. The number of nitrogens with zero attached hydrogens (tertiary/aromatic N) is 2. The lowest BCUT2D eigenvalue weighted by Crippen LogP contribution is -2.48. The van der Waals surface area contributed by atoms with Crippen molar-refractivity contribution in [3.63, 3.8) is 0 Å². The molecule has 3 nitrogen and oxygen atoms in total. The molecule has 22 heavy (non-hydrogen) atoms. The molecule has 1 aromatic heterocycles. The van der Waals surface area contributed by atoms with Crippen molar-refractivity contribution < 1.29 is 4.79 Å². The number of piperazine rings is 1. The Morgan fingerprint density at radius 2 is 1.82 bits per heavy atom. The van der Waals surface area contributed by atoms with Gasteiger partial charge in [0.05, 0.1) is 4.88 Å². The molecule has 0 atom stereocenters. The van der Waals surface area contributed by atoms with Crippen LogP contribution in [-0.2, 0) is 0 Å². The van der Waals surface area contributed by atoms with Gasteiger partial charge in [0.25, 0.3) is 5.91 Å². The average Bonchev–Trinajstić information content (AvgIpc) is 3.10. The maximum absolute atomic E-state index is 12.3. The first-order chi connectivity index (χ1) is 10.8. The van der Waals surface area contributed by atoms with Crippen LogP contribution in [0.5, 0.6) is 0 Å². The topological polar surface area (TPSA) is 23.6 Å². The summed E-state index contributed by atoms with van der Waals surface area (Å²) in [7, 11) is 0. The number of rotatable bonds is 4. The fraction of sp³-hybridized carbons (Fsp3) is 0.278. The molecule has 1 saturated heterocycles. The van der Waals surface area contributed by atoms with Crippen molar-refractivity contribution in [3.05, 3.63) is 64.4 Å². The zero-order valence-electron chi connectivity index (χ0n) is 12.5. The van der Waals surface area contributed by atoms with Gasteiger partial charge in [-0.1, -0.05) is 48.6 Å². The van der Waals surface area contributed by atoms with Crippen molar-refractivity contribution in [2.75, 3.05) is 32.7 Å². The first kappa shape index (κ1) is 15.0. The monoisotopic (exact) mass is 312 g/mol. The largest absolute Gasteiger partial charge is 0.335 e. The number of carbonyl (C=O) groups is 1. The van der Waals surface area contributed by atoms with E-state index in [0.717, 1.165) is 37.6 Å². The standard InChI is InChI=1S/C18H20N2OS/c21-18(17-9-5-15-22-17)20-13-11-19(12-14-20)10-4-8-16-6-2-1-3-7-16/h1-9,15H,10-14H2. The first-order valence-corrected chi connectivity index (χ1v) is 8.47. The fourth-order valence-corrected chi connectivity index (χ4v) is 3.28. The average molecular weight is 312 g/mol. The van der Waals surface area contributed by atoms with Crippen LogP contribution in [0.4, 0.5) is 0 Å². The predicted octanol–water partition coefficient (Wildman–Crippen LogP) is 3.22. The number of benzene rings is 1. The Labute approximate surface area is 135 Å². The number of carbonyl (C=O) groups excluding carboxylic acids is 1. The van der Waals surface area contributed by atoms with Crippen LogP contribution in [0.25, 0.3) is 6.08 Å². The second kappa shape index (κ2) is 7.38. The van der Waals surface area contributed by atoms with Crippen LogP contribution >= 0.6 is 11.3 Å². The van der Waals surface area contributed by atoms with Gasteiger partial charge < -0.3 is 4.90 Å². The highest BCUT2D eigenvalue weighted by Crippen LogP contribution is 2.14. The molecule has 0 spiro atoms. The van der Waals surface area contributed by atoms with Crippen molar-refractivity contribution in [3.8, 4) is 0 Å². The molecule has 3 rings (SSSR count). The summed E-state index contributed by atoms with van der Waals surface area (Å²) in [5.41, 5.74) is 1.23. The van der Waals surface area contributed by atoms with Crippen LogP contribution in [0.15, 0.2) is 53.9 Å². The van der Waals surface area contributed by atoms with E-state index in [1.807, 2.05) is 28.5 Å². The van der Waals surface area contributed by atoms with Gasteiger partial charge in [-0.25, -0.2) is 0 Å². The van der Waals surface area contributed by atoms with Gasteiger partial charge in [-0.3, -0.25) is 9.69 Å². The molecule has 0 bridgehead atoms. The summed E-state index contributed by atoms with van der Waals surface area (Å²) in [6, 6.07) is 14.2. The summed E-state index contributed by atoms with van der Waals surface area (Å²) in [6.45, 7) is 4.45. The van der Waals surface area contributed by atoms with Crippen molar-refractivity contribution in [2.24, 2.45) is 0 Å². The van der Waals surface area contributed by atoms with E-state index in [2.05, 4.69) is 41.3 Å². The third-order valence-electron chi connectivity index (χ3n) is 3.86. The first-order valence-electron chi connectivity index (χ1n) is 7.59. The van der Waals surface area contributed by atoms with E-state index in [4.69, 9.17) is 0 Å². The highest BCUT2D eigenvalue weighted by molar-refractivity contribution is 7.12. The van der Waals surface area contributed by atoms with Gasteiger partial charge in [0.1, 0.15) is 0 Å². The SMILES string of the molecule is O=C(c1cccs1)N1CCN(CC=Cc2ccccc2)CC1. The molecule has 0 aliphatic carbocycles. The Morgan fingerprint density at radius 1 is 1.05 bits per heavy atom. The minimum absolute atomic E-state index is 0.175. The smallest absolute Gasteiger partial charge is 0.264 e. The van der Waals surface area contributed by atoms with E-state index < -0.39 is 0 Å². The van der Waals surface area contributed by atoms with Gasteiger partial charge in [-0.15, -0.1) is 11.3 Å². The summed E-state index contributed by atoms with van der Waals surface area (Å²) in [5, 5.41) is 1.96. The fourth-order valence-electron chi connectivity index (χ4n) is 2.59. The Morgan fingerprint density at radius 3 is 2.50 bits per heavy atom. The zero-order chi connectivity index (χ0) is 15.2. The molecule has 2 heterocycles. The van der Waals surface area contributed by atoms with Crippen LogP contribution in [0.1, 0.15) is 15.2 Å². The van der Waals surface area contributed by atoms with Gasteiger partial charge in [0.15, 0.2) is 0 Å². The van der Waals surface area contributed by atoms with Crippen molar-refractivity contribution in [2.45, 2.75) is 0 Å². The van der Waals surface area contributed by atoms with Crippen LogP contribution in [0, 0.1) is 0 Å². The van der Waals surface area contributed by atoms with E-state index >= 15 is 0 Å². The quantitative estimate of drug-likeness (QED) is 0.865.